The van der Waals surface area contributed by atoms with Crippen molar-refractivity contribution in [2.45, 2.75) is 19.3 Å². The van der Waals surface area contributed by atoms with E-state index in [1.165, 1.54) is 22.5 Å². The van der Waals surface area contributed by atoms with Gasteiger partial charge in [-0.1, -0.05) is 24.3 Å². The molecule has 2 aromatic carbocycles. The number of nitrogens with one attached hydrogen (secondary N) is 4. The minimum Gasteiger partial charge on any atom is -0.385 e. The van der Waals surface area contributed by atoms with Crippen molar-refractivity contribution in [1.29, 1.82) is 0 Å². The van der Waals surface area contributed by atoms with Crippen LogP contribution in [0.5, 0.6) is 0 Å². The Morgan fingerprint density at radius 2 is 0.960 bits per heavy atom. The highest BCUT2D eigenvalue weighted by atomic mass is 14.9. The van der Waals surface area contributed by atoms with Crippen LogP contribution in [-0.2, 0) is 6.42 Å². The molecule has 4 N–H and O–H groups in total. The molecule has 0 spiro atoms. The Morgan fingerprint density at radius 3 is 1.32 bits per heavy atom. The number of hydrogen-bond acceptors (Lipinski definition) is 4. The van der Waals surface area contributed by atoms with Crippen molar-refractivity contribution >= 4 is 11.4 Å². The van der Waals surface area contributed by atoms with Gasteiger partial charge in [-0.05, 0) is 81.8 Å². The van der Waals surface area contributed by atoms with Crippen LogP contribution in [0.1, 0.15) is 24.0 Å². The van der Waals surface area contributed by atoms with Gasteiger partial charge in [0.05, 0.1) is 0 Å². The van der Waals surface area contributed by atoms with Crippen molar-refractivity contribution in [2.75, 3.05) is 50.9 Å². The monoisotopic (exact) mass is 340 g/mol. The van der Waals surface area contributed by atoms with E-state index in [-0.39, 0.29) is 0 Å². The van der Waals surface area contributed by atoms with E-state index in [9.17, 15) is 0 Å². The van der Waals surface area contributed by atoms with Crippen LogP contribution in [0, 0.1) is 0 Å². The lowest BCUT2D eigenvalue weighted by atomic mass is 10.0. The number of rotatable bonds is 12. The third-order valence-corrected chi connectivity index (χ3v) is 4.18. The fraction of sp³-hybridized carbons (Fsp3) is 0.429. The molecule has 0 aromatic heterocycles. The Labute approximate surface area is 152 Å². The van der Waals surface area contributed by atoms with E-state index in [0.29, 0.717) is 0 Å². The van der Waals surface area contributed by atoms with Crippen molar-refractivity contribution in [1.82, 2.24) is 10.6 Å². The molecule has 0 unspecified atom stereocenters. The van der Waals surface area contributed by atoms with Gasteiger partial charge in [-0.15, -0.1) is 0 Å². The van der Waals surface area contributed by atoms with E-state index in [2.05, 4.69) is 69.8 Å². The predicted molar refractivity (Wildman–Crippen MR) is 110 cm³/mol. The molecule has 0 aliphatic carbocycles. The molecule has 4 nitrogen and oxygen atoms in total. The lowest BCUT2D eigenvalue weighted by Crippen LogP contribution is -2.12. The molecule has 136 valence electrons. The summed E-state index contributed by atoms with van der Waals surface area (Å²) in [5.41, 5.74) is 5.08. The molecule has 0 saturated carbocycles. The zero-order valence-electron chi connectivity index (χ0n) is 15.6. The zero-order chi connectivity index (χ0) is 17.7. The molecule has 0 radical (unpaired) electrons. The first kappa shape index (κ1) is 19.3. The molecule has 0 amide bonds. The highest BCUT2D eigenvalue weighted by Gasteiger charge is 1.99. The molecule has 25 heavy (non-hydrogen) atoms. The standard InChI is InChI=1S/C21H32N4/c1-22-13-3-15-24-20-9-5-18(6-10-20)17-19-7-11-21(12-8-19)25-16-4-14-23-2/h5-12,22-25H,3-4,13-17H2,1-2H3. The van der Waals surface area contributed by atoms with E-state index < -0.39 is 0 Å². The molecule has 0 heterocycles. The summed E-state index contributed by atoms with van der Waals surface area (Å²) in [5.74, 6) is 0. The Morgan fingerprint density at radius 1 is 0.560 bits per heavy atom. The molecule has 0 fully saturated rings. The van der Waals surface area contributed by atoms with Crippen LogP contribution >= 0.6 is 0 Å². The summed E-state index contributed by atoms with van der Waals surface area (Å²) in [6, 6.07) is 17.5. The highest BCUT2D eigenvalue weighted by molar-refractivity contribution is 5.47. The normalized spacial score (nSPS) is 10.6. The molecule has 2 rings (SSSR count). The van der Waals surface area contributed by atoms with Crippen LogP contribution in [-0.4, -0.2) is 40.3 Å². The third kappa shape index (κ3) is 7.59. The van der Waals surface area contributed by atoms with Crippen molar-refractivity contribution in [3.63, 3.8) is 0 Å². The van der Waals surface area contributed by atoms with Gasteiger partial charge in [0.1, 0.15) is 0 Å². The smallest absolute Gasteiger partial charge is 0.0340 e. The second-order valence-electron chi connectivity index (χ2n) is 6.34. The highest BCUT2D eigenvalue weighted by Crippen LogP contribution is 2.16. The summed E-state index contributed by atoms with van der Waals surface area (Å²) in [7, 11) is 3.97. The maximum absolute atomic E-state index is 3.45. The second-order valence-corrected chi connectivity index (χ2v) is 6.34. The average Bonchev–Trinajstić information content (AvgIpc) is 2.65. The van der Waals surface area contributed by atoms with Crippen LogP contribution in [0.15, 0.2) is 48.5 Å². The summed E-state index contributed by atoms with van der Waals surface area (Å²) in [5, 5.41) is 13.2. The van der Waals surface area contributed by atoms with E-state index in [4.69, 9.17) is 0 Å². The molecule has 2 aromatic rings. The molecule has 0 saturated heterocycles. The van der Waals surface area contributed by atoms with Gasteiger partial charge in [-0.3, -0.25) is 0 Å². The first-order valence-electron chi connectivity index (χ1n) is 9.26. The van der Waals surface area contributed by atoms with Gasteiger partial charge in [0, 0.05) is 24.5 Å². The largest absolute Gasteiger partial charge is 0.385 e. The maximum atomic E-state index is 3.45. The van der Waals surface area contributed by atoms with Crippen LogP contribution in [0.25, 0.3) is 0 Å². The van der Waals surface area contributed by atoms with Gasteiger partial charge in [-0.25, -0.2) is 0 Å². The first-order chi connectivity index (χ1) is 12.3. The van der Waals surface area contributed by atoms with Gasteiger partial charge in [0.15, 0.2) is 0 Å². The predicted octanol–water partition coefficient (Wildman–Crippen LogP) is 3.32. The molecule has 0 aliphatic rings. The van der Waals surface area contributed by atoms with Crippen molar-refractivity contribution in [2.24, 2.45) is 0 Å². The summed E-state index contributed by atoms with van der Waals surface area (Å²) in [6.07, 6.45) is 3.24. The van der Waals surface area contributed by atoms with Gasteiger partial charge < -0.3 is 21.3 Å². The first-order valence-corrected chi connectivity index (χ1v) is 9.26. The summed E-state index contributed by atoms with van der Waals surface area (Å²) >= 11 is 0. The quantitative estimate of drug-likeness (QED) is 0.448. The van der Waals surface area contributed by atoms with Gasteiger partial charge >= 0.3 is 0 Å². The zero-order valence-corrected chi connectivity index (χ0v) is 15.6. The van der Waals surface area contributed by atoms with Gasteiger partial charge in [0.25, 0.3) is 0 Å². The molecule has 0 atom stereocenters. The molecular formula is C21H32N4. The number of anilines is 2. The minimum atomic E-state index is 0.972. The average molecular weight is 341 g/mol. The van der Waals surface area contributed by atoms with Crippen LogP contribution in [0.4, 0.5) is 11.4 Å². The summed E-state index contributed by atoms with van der Waals surface area (Å²) in [6.45, 7) is 4.10. The van der Waals surface area contributed by atoms with Crippen LogP contribution in [0.3, 0.4) is 0 Å². The minimum absolute atomic E-state index is 0.972. The molecule has 4 heteroatoms. The van der Waals surface area contributed by atoms with E-state index >= 15 is 0 Å². The molecular weight excluding hydrogens is 308 g/mol. The number of hydrogen-bond donors (Lipinski definition) is 4. The Bertz CT molecular complexity index is 524. The Kier molecular flexibility index (Phi) is 8.87. The van der Waals surface area contributed by atoms with E-state index in [0.717, 1.165) is 45.4 Å². The fourth-order valence-corrected chi connectivity index (χ4v) is 2.71. The van der Waals surface area contributed by atoms with E-state index in [1.54, 1.807) is 0 Å². The van der Waals surface area contributed by atoms with Gasteiger partial charge in [-0.2, -0.15) is 0 Å². The van der Waals surface area contributed by atoms with Gasteiger partial charge in [0.2, 0.25) is 0 Å². The fourth-order valence-electron chi connectivity index (χ4n) is 2.71. The van der Waals surface area contributed by atoms with Crippen molar-refractivity contribution in [3.8, 4) is 0 Å². The third-order valence-electron chi connectivity index (χ3n) is 4.18. The SMILES string of the molecule is CNCCCNc1ccc(Cc2ccc(NCCCNC)cc2)cc1. The van der Waals surface area contributed by atoms with Crippen molar-refractivity contribution < 1.29 is 0 Å². The molecule has 0 bridgehead atoms. The Balaban J connectivity index is 1.77. The topological polar surface area (TPSA) is 48.1 Å². The van der Waals surface area contributed by atoms with Crippen LogP contribution in [0.2, 0.25) is 0 Å². The van der Waals surface area contributed by atoms with Crippen molar-refractivity contribution in [3.05, 3.63) is 59.7 Å². The lowest BCUT2D eigenvalue weighted by molar-refractivity contribution is 0.748. The van der Waals surface area contributed by atoms with Crippen LogP contribution < -0.4 is 21.3 Å². The molecule has 0 aliphatic heterocycles. The number of benzene rings is 2. The summed E-state index contributed by atoms with van der Waals surface area (Å²) in [4.78, 5) is 0. The maximum Gasteiger partial charge on any atom is 0.0340 e. The van der Waals surface area contributed by atoms with E-state index in [1.807, 2.05) is 14.1 Å². The summed E-state index contributed by atoms with van der Waals surface area (Å²) < 4.78 is 0. The second kappa shape index (κ2) is 11.5. The Hall–Kier alpha value is -2.04. The lowest BCUT2D eigenvalue weighted by Gasteiger charge is -2.09.